The quantitative estimate of drug-likeness (QED) is 0.356. The van der Waals surface area contributed by atoms with Crippen molar-refractivity contribution in [3.05, 3.63) is 12.4 Å². The maximum Gasteiger partial charge on any atom is 0.332 e. The number of hydrogen-bond acceptors (Lipinski definition) is 7. The van der Waals surface area contributed by atoms with Crippen LogP contribution in [-0.2, 0) is 25.5 Å². The van der Waals surface area contributed by atoms with Gasteiger partial charge in [0.1, 0.15) is 20.1 Å². The second-order valence-electron chi connectivity index (χ2n) is 8.41. The minimum Gasteiger partial charge on any atom is -0.458 e. The molecular formula is C19H35BN2O6. The van der Waals surface area contributed by atoms with Gasteiger partial charge in [-0.15, -0.1) is 0 Å². The van der Waals surface area contributed by atoms with Crippen molar-refractivity contribution < 1.29 is 29.2 Å². The molecule has 0 spiro atoms. The summed E-state index contributed by atoms with van der Waals surface area (Å²) < 4.78 is 17.3. The Balaban J connectivity index is 0.000000769. The zero-order valence-electron chi connectivity index (χ0n) is 18.2. The first-order valence-electron chi connectivity index (χ1n) is 9.22. The zero-order valence-corrected chi connectivity index (χ0v) is 18.2. The van der Waals surface area contributed by atoms with Gasteiger partial charge in [0.25, 0.3) is 0 Å². The van der Waals surface area contributed by atoms with Crippen LogP contribution in [0.1, 0.15) is 48.5 Å². The van der Waals surface area contributed by atoms with E-state index in [-0.39, 0.29) is 12.6 Å². The fourth-order valence-electron chi connectivity index (χ4n) is 1.41. The molecule has 1 rings (SSSR count). The van der Waals surface area contributed by atoms with Gasteiger partial charge in [0, 0.05) is 12.4 Å². The van der Waals surface area contributed by atoms with Gasteiger partial charge in [-0.3, -0.25) is 4.68 Å². The molecule has 2 N–H and O–H groups in total. The zero-order chi connectivity index (χ0) is 22.0. The average molecular weight is 398 g/mol. The number of aliphatic hydroxyl groups is 2. The van der Waals surface area contributed by atoms with E-state index in [1.807, 2.05) is 20.8 Å². The van der Waals surface area contributed by atoms with Crippen molar-refractivity contribution >= 4 is 19.3 Å². The third-order valence-corrected chi connectivity index (χ3v) is 3.63. The number of esters is 1. The Morgan fingerprint density at radius 3 is 2.00 bits per heavy atom. The lowest BCUT2D eigenvalue weighted by molar-refractivity contribution is -0.160. The monoisotopic (exact) mass is 398 g/mol. The van der Waals surface area contributed by atoms with E-state index in [4.69, 9.17) is 32.3 Å². The molecule has 1 heterocycles. The molecule has 0 aliphatic heterocycles. The molecule has 160 valence electrons. The standard InChI is InChI=1S/C13H21BN2O4.C6H14O2/c1-13(2,3)20-12(17)10-19-7-6-18-5-4-16-9-11(14)8-15-16;1-5(2,7)6(3,4)8/h8-9H,4-7,10H2,1-3H3;7-8H,1-4H3. The lowest BCUT2D eigenvalue weighted by Gasteiger charge is -2.31. The molecule has 9 heteroatoms. The Morgan fingerprint density at radius 1 is 1.04 bits per heavy atom. The molecule has 0 bridgehead atoms. The van der Waals surface area contributed by atoms with Crippen LogP contribution in [0, 0.1) is 0 Å². The number of hydrogen-bond donors (Lipinski definition) is 2. The molecule has 28 heavy (non-hydrogen) atoms. The molecule has 0 aromatic carbocycles. The Labute approximate surface area is 169 Å². The molecule has 0 atom stereocenters. The molecule has 0 aliphatic rings. The third-order valence-electron chi connectivity index (χ3n) is 3.63. The van der Waals surface area contributed by atoms with Gasteiger partial charge in [0.2, 0.25) is 0 Å². The van der Waals surface area contributed by atoms with Gasteiger partial charge in [0.05, 0.1) is 37.6 Å². The van der Waals surface area contributed by atoms with Crippen molar-refractivity contribution in [1.82, 2.24) is 9.78 Å². The number of aromatic nitrogens is 2. The van der Waals surface area contributed by atoms with Gasteiger partial charge in [-0.05, 0) is 48.5 Å². The van der Waals surface area contributed by atoms with E-state index in [9.17, 15) is 4.79 Å². The average Bonchev–Trinajstić information content (AvgIpc) is 2.88. The minimum absolute atomic E-state index is 0.0592. The van der Waals surface area contributed by atoms with Gasteiger partial charge < -0.3 is 24.4 Å². The van der Waals surface area contributed by atoms with E-state index in [2.05, 4.69) is 5.10 Å². The fraction of sp³-hybridized carbons (Fsp3) is 0.789. The van der Waals surface area contributed by atoms with Crippen molar-refractivity contribution in [2.45, 2.75) is 71.8 Å². The summed E-state index contributed by atoms with van der Waals surface area (Å²) in [4.78, 5) is 11.3. The molecule has 0 fully saturated rings. The largest absolute Gasteiger partial charge is 0.458 e. The molecular weight excluding hydrogens is 363 g/mol. The maximum absolute atomic E-state index is 11.3. The Bertz CT molecular complexity index is 558. The van der Waals surface area contributed by atoms with Crippen molar-refractivity contribution in [2.75, 3.05) is 26.4 Å². The van der Waals surface area contributed by atoms with E-state index in [0.29, 0.717) is 31.8 Å². The smallest absolute Gasteiger partial charge is 0.332 e. The summed E-state index contributed by atoms with van der Waals surface area (Å²) in [7, 11) is 5.53. The normalized spacial score (nSPS) is 12.3. The van der Waals surface area contributed by atoms with Gasteiger partial charge in [-0.25, -0.2) is 4.79 Å². The lowest BCUT2D eigenvalue weighted by atomic mass is 9.90. The highest BCUT2D eigenvalue weighted by atomic mass is 16.6. The second-order valence-corrected chi connectivity index (χ2v) is 8.41. The van der Waals surface area contributed by atoms with Crippen molar-refractivity contribution in [3.8, 4) is 0 Å². The molecule has 0 unspecified atom stereocenters. The molecule has 0 saturated heterocycles. The van der Waals surface area contributed by atoms with Crippen molar-refractivity contribution in [1.29, 1.82) is 0 Å². The number of ether oxygens (including phenoxy) is 3. The summed E-state index contributed by atoms with van der Waals surface area (Å²) in [5.41, 5.74) is -1.87. The maximum atomic E-state index is 11.3. The molecule has 2 radical (unpaired) electrons. The summed E-state index contributed by atoms with van der Waals surface area (Å²) in [6, 6.07) is 0. The third kappa shape index (κ3) is 13.7. The summed E-state index contributed by atoms with van der Waals surface area (Å²) in [6.07, 6.45) is 3.33. The molecule has 8 nitrogen and oxygen atoms in total. The Morgan fingerprint density at radius 2 is 1.57 bits per heavy atom. The van der Waals surface area contributed by atoms with Gasteiger partial charge in [0.15, 0.2) is 0 Å². The summed E-state index contributed by atoms with van der Waals surface area (Å²) in [5.74, 6) is -0.371. The van der Waals surface area contributed by atoms with E-state index >= 15 is 0 Å². The summed E-state index contributed by atoms with van der Waals surface area (Å²) in [6.45, 7) is 13.6. The van der Waals surface area contributed by atoms with Crippen LogP contribution in [0.2, 0.25) is 0 Å². The van der Waals surface area contributed by atoms with Crippen LogP contribution in [-0.4, -0.2) is 77.0 Å². The van der Waals surface area contributed by atoms with Crippen LogP contribution >= 0.6 is 0 Å². The Hall–Kier alpha value is -1.42. The topological polar surface area (TPSA) is 103 Å². The molecule has 0 aliphatic carbocycles. The van der Waals surface area contributed by atoms with Crippen molar-refractivity contribution in [3.63, 3.8) is 0 Å². The van der Waals surface area contributed by atoms with E-state index in [1.165, 1.54) is 0 Å². The van der Waals surface area contributed by atoms with Crippen LogP contribution in [0.3, 0.4) is 0 Å². The first-order valence-corrected chi connectivity index (χ1v) is 9.22. The van der Waals surface area contributed by atoms with Crippen molar-refractivity contribution in [2.24, 2.45) is 0 Å². The highest BCUT2D eigenvalue weighted by Gasteiger charge is 2.31. The predicted molar refractivity (Wildman–Crippen MR) is 108 cm³/mol. The van der Waals surface area contributed by atoms with Gasteiger partial charge >= 0.3 is 5.97 Å². The van der Waals surface area contributed by atoms with Crippen LogP contribution in [0.15, 0.2) is 12.4 Å². The highest BCUT2D eigenvalue weighted by Crippen LogP contribution is 2.19. The van der Waals surface area contributed by atoms with Crippen LogP contribution in [0.4, 0.5) is 0 Å². The number of nitrogens with zero attached hydrogens (tertiary/aromatic N) is 2. The number of rotatable bonds is 9. The van der Waals surface area contributed by atoms with Crippen LogP contribution in [0.25, 0.3) is 0 Å². The van der Waals surface area contributed by atoms with E-state index < -0.39 is 16.8 Å². The first kappa shape index (κ1) is 26.6. The molecule has 0 saturated carbocycles. The first-order chi connectivity index (χ1) is 12.6. The van der Waals surface area contributed by atoms with E-state index in [0.717, 1.165) is 0 Å². The second kappa shape index (κ2) is 11.6. The van der Waals surface area contributed by atoms with Crippen LogP contribution in [0.5, 0.6) is 0 Å². The lowest BCUT2D eigenvalue weighted by Crippen LogP contribution is -2.44. The minimum atomic E-state index is -1.01. The summed E-state index contributed by atoms with van der Waals surface area (Å²) in [5, 5.41) is 22.2. The summed E-state index contributed by atoms with van der Waals surface area (Å²) >= 11 is 0. The van der Waals surface area contributed by atoms with Gasteiger partial charge in [-0.1, -0.05) is 5.46 Å². The highest BCUT2D eigenvalue weighted by molar-refractivity contribution is 6.31. The van der Waals surface area contributed by atoms with Gasteiger partial charge in [-0.2, -0.15) is 5.10 Å². The predicted octanol–water partition coefficient (Wildman–Crippen LogP) is 0.580. The molecule has 1 aromatic heterocycles. The number of carbonyl (C=O) groups is 1. The van der Waals surface area contributed by atoms with Crippen LogP contribution < -0.4 is 5.46 Å². The molecule has 1 aromatic rings. The Kier molecular flexibility index (Phi) is 11.0. The SMILES string of the molecule is CC(C)(O)C(C)(C)O.[B]c1cnn(CCOCCOCC(=O)OC(C)(C)C)c1. The molecule has 0 amide bonds. The van der Waals surface area contributed by atoms with E-state index in [1.54, 1.807) is 44.8 Å². The fourth-order valence-corrected chi connectivity index (χ4v) is 1.41. The number of carbonyl (C=O) groups excluding carboxylic acids is 1.